The molecule has 1 heterocycles. The Morgan fingerprint density at radius 2 is 2.33 bits per heavy atom. The maximum atomic E-state index is 12.0. The van der Waals surface area contributed by atoms with E-state index in [2.05, 4.69) is 11.4 Å². The molecule has 0 spiro atoms. The summed E-state index contributed by atoms with van der Waals surface area (Å²) in [5.74, 6) is 0. The first kappa shape index (κ1) is 13.4. The Bertz CT molecular complexity index is 330. The van der Waals surface area contributed by atoms with Crippen LogP contribution in [0.1, 0.15) is 32.1 Å². The number of nitrogens with zero attached hydrogens (tertiary/aromatic N) is 1. The normalized spacial score (nSPS) is 28.1. The van der Waals surface area contributed by atoms with Crippen molar-refractivity contribution in [2.45, 2.75) is 44.2 Å². The van der Waals surface area contributed by atoms with Gasteiger partial charge < -0.3 is 20.4 Å². The average molecular weight is 254 g/mol. The van der Waals surface area contributed by atoms with Crippen molar-refractivity contribution in [2.75, 3.05) is 19.7 Å². The van der Waals surface area contributed by atoms with Crippen LogP contribution in [0.4, 0.5) is 4.79 Å². The molecule has 2 amide bonds. The van der Waals surface area contributed by atoms with Crippen molar-refractivity contribution in [3.63, 3.8) is 0 Å². The predicted octanol–water partition coefficient (Wildman–Crippen LogP) is 0.624. The van der Waals surface area contributed by atoms with Crippen molar-refractivity contribution in [3.05, 3.63) is 11.6 Å². The third kappa shape index (κ3) is 3.23. The van der Waals surface area contributed by atoms with Gasteiger partial charge in [0.2, 0.25) is 0 Å². The van der Waals surface area contributed by atoms with Crippen LogP contribution in [0.3, 0.4) is 0 Å². The maximum absolute atomic E-state index is 12.0. The van der Waals surface area contributed by atoms with E-state index in [1.54, 1.807) is 0 Å². The molecule has 1 saturated heterocycles. The van der Waals surface area contributed by atoms with Crippen LogP contribution in [-0.2, 0) is 0 Å². The number of carbonyl (C=O) groups is 1. The van der Waals surface area contributed by atoms with Crippen molar-refractivity contribution < 1.29 is 15.0 Å². The summed E-state index contributed by atoms with van der Waals surface area (Å²) in [6.45, 7) is 0.812. The lowest BCUT2D eigenvalue weighted by Gasteiger charge is -2.23. The van der Waals surface area contributed by atoms with Crippen LogP contribution in [0.5, 0.6) is 0 Å². The molecule has 0 unspecified atom stereocenters. The average Bonchev–Trinajstić information content (AvgIpc) is 2.78. The zero-order valence-corrected chi connectivity index (χ0v) is 10.6. The van der Waals surface area contributed by atoms with Gasteiger partial charge in [0.1, 0.15) is 0 Å². The molecule has 3 N–H and O–H groups in total. The van der Waals surface area contributed by atoms with Gasteiger partial charge in [-0.1, -0.05) is 11.6 Å². The third-order valence-electron chi connectivity index (χ3n) is 3.72. The minimum absolute atomic E-state index is 0.0901. The summed E-state index contributed by atoms with van der Waals surface area (Å²) in [7, 11) is 0. The molecule has 2 rings (SSSR count). The van der Waals surface area contributed by atoms with Gasteiger partial charge in [0.25, 0.3) is 0 Å². The molecule has 0 bridgehead atoms. The molecule has 5 nitrogen and oxygen atoms in total. The van der Waals surface area contributed by atoms with E-state index in [1.165, 1.54) is 23.3 Å². The van der Waals surface area contributed by atoms with Crippen LogP contribution in [0.25, 0.3) is 0 Å². The predicted molar refractivity (Wildman–Crippen MR) is 68.2 cm³/mol. The lowest BCUT2D eigenvalue weighted by atomic mass is 10.00. The van der Waals surface area contributed by atoms with Gasteiger partial charge in [0.05, 0.1) is 18.8 Å². The molecule has 18 heavy (non-hydrogen) atoms. The second kappa shape index (κ2) is 6.20. The maximum Gasteiger partial charge on any atom is 0.318 e. The van der Waals surface area contributed by atoms with Gasteiger partial charge >= 0.3 is 6.03 Å². The van der Waals surface area contributed by atoms with E-state index in [9.17, 15) is 15.0 Å². The molecule has 5 heteroatoms. The van der Waals surface area contributed by atoms with Gasteiger partial charge in [-0.15, -0.1) is 0 Å². The van der Waals surface area contributed by atoms with Crippen molar-refractivity contribution in [3.8, 4) is 0 Å². The molecule has 102 valence electrons. The number of hydrogen-bond acceptors (Lipinski definition) is 3. The Labute approximate surface area is 107 Å². The van der Waals surface area contributed by atoms with Crippen LogP contribution >= 0.6 is 0 Å². The van der Waals surface area contributed by atoms with Crippen molar-refractivity contribution in [1.82, 2.24) is 10.2 Å². The molecule has 2 aliphatic rings. The summed E-state index contributed by atoms with van der Waals surface area (Å²) in [6.07, 6.45) is 6.76. The van der Waals surface area contributed by atoms with Crippen LogP contribution in [0.15, 0.2) is 11.6 Å². The van der Waals surface area contributed by atoms with E-state index in [1.807, 2.05) is 0 Å². The second-order valence-electron chi connectivity index (χ2n) is 5.15. The molecule has 0 saturated carbocycles. The summed E-state index contributed by atoms with van der Waals surface area (Å²) in [5.41, 5.74) is 1.29. The van der Waals surface area contributed by atoms with E-state index in [0.717, 1.165) is 12.8 Å². The number of aliphatic hydroxyl groups is 2. The first-order valence-corrected chi connectivity index (χ1v) is 6.72. The molecule has 1 aliphatic carbocycles. The first-order valence-electron chi connectivity index (χ1n) is 6.72. The Balaban J connectivity index is 1.82. The highest BCUT2D eigenvalue weighted by Gasteiger charge is 2.33. The van der Waals surface area contributed by atoms with Crippen LogP contribution in [-0.4, -0.2) is 53.0 Å². The lowest BCUT2D eigenvalue weighted by Crippen LogP contribution is -2.45. The zero-order valence-electron chi connectivity index (χ0n) is 10.6. The van der Waals surface area contributed by atoms with Gasteiger partial charge in [0.15, 0.2) is 0 Å². The highest BCUT2D eigenvalue weighted by atomic mass is 16.3. The quantitative estimate of drug-likeness (QED) is 0.647. The standard InChI is InChI=1S/C13H22N2O3/c16-9-11-6-12(17)8-15(11)13(18)14-7-10-4-2-1-3-5-10/h4,11-12,16-17H,1-3,5-9H2,(H,14,18)/t11-,12-/m0/s1. The summed E-state index contributed by atoms with van der Waals surface area (Å²) in [6, 6.07) is -0.433. The summed E-state index contributed by atoms with van der Waals surface area (Å²) in [4.78, 5) is 13.5. The molecule has 0 radical (unpaired) electrons. The highest BCUT2D eigenvalue weighted by molar-refractivity contribution is 5.75. The van der Waals surface area contributed by atoms with E-state index in [4.69, 9.17) is 0 Å². The smallest absolute Gasteiger partial charge is 0.318 e. The molecule has 1 fully saturated rings. The van der Waals surface area contributed by atoms with Gasteiger partial charge in [-0.2, -0.15) is 0 Å². The molecule has 2 atom stereocenters. The topological polar surface area (TPSA) is 72.8 Å². The highest BCUT2D eigenvalue weighted by Crippen LogP contribution is 2.19. The number of likely N-dealkylation sites (tertiary alicyclic amines) is 1. The van der Waals surface area contributed by atoms with E-state index in [-0.39, 0.29) is 18.7 Å². The summed E-state index contributed by atoms with van der Waals surface area (Å²) < 4.78 is 0. The molecule has 0 aromatic heterocycles. The number of allylic oxidation sites excluding steroid dienone is 1. The number of carbonyl (C=O) groups excluding carboxylic acids is 1. The Morgan fingerprint density at radius 1 is 1.50 bits per heavy atom. The third-order valence-corrected chi connectivity index (χ3v) is 3.72. The summed E-state index contributed by atoms with van der Waals surface area (Å²) in [5, 5.41) is 21.6. The Morgan fingerprint density at radius 3 is 3.00 bits per heavy atom. The van der Waals surface area contributed by atoms with Crippen LogP contribution < -0.4 is 5.32 Å². The number of urea groups is 1. The number of rotatable bonds is 3. The number of nitrogens with one attached hydrogen (secondary N) is 1. The molecule has 1 aliphatic heterocycles. The molecular formula is C13H22N2O3. The fraction of sp³-hybridized carbons (Fsp3) is 0.769. The minimum atomic E-state index is -0.512. The van der Waals surface area contributed by atoms with Gasteiger partial charge in [-0.3, -0.25) is 0 Å². The molecular weight excluding hydrogens is 232 g/mol. The Kier molecular flexibility index (Phi) is 4.60. The zero-order chi connectivity index (χ0) is 13.0. The van der Waals surface area contributed by atoms with E-state index >= 15 is 0 Å². The largest absolute Gasteiger partial charge is 0.394 e. The van der Waals surface area contributed by atoms with Crippen molar-refractivity contribution in [2.24, 2.45) is 0 Å². The van der Waals surface area contributed by atoms with Gasteiger partial charge in [-0.25, -0.2) is 4.79 Å². The lowest BCUT2D eigenvalue weighted by molar-refractivity contribution is 0.155. The number of amides is 2. The fourth-order valence-corrected chi connectivity index (χ4v) is 2.67. The van der Waals surface area contributed by atoms with Gasteiger partial charge in [0, 0.05) is 13.1 Å². The minimum Gasteiger partial charge on any atom is -0.394 e. The van der Waals surface area contributed by atoms with E-state index in [0.29, 0.717) is 19.5 Å². The second-order valence-corrected chi connectivity index (χ2v) is 5.15. The molecule has 0 aromatic rings. The fourth-order valence-electron chi connectivity index (χ4n) is 2.67. The molecule has 0 aromatic carbocycles. The number of hydrogen-bond donors (Lipinski definition) is 3. The van der Waals surface area contributed by atoms with Crippen molar-refractivity contribution >= 4 is 6.03 Å². The van der Waals surface area contributed by atoms with Crippen LogP contribution in [0, 0.1) is 0 Å². The first-order chi connectivity index (χ1) is 8.70. The van der Waals surface area contributed by atoms with E-state index < -0.39 is 6.10 Å². The van der Waals surface area contributed by atoms with Crippen molar-refractivity contribution in [1.29, 1.82) is 0 Å². The monoisotopic (exact) mass is 254 g/mol. The van der Waals surface area contributed by atoms with Crippen LogP contribution in [0.2, 0.25) is 0 Å². The van der Waals surface area contributed by atoms with Gasteiger partial charge in [-0.05, 0) is 32.1 Å². The number of aliphatic hydroxyl groups excluding tert-OH is 2. The Hall–Kier alpha value is -1.07. The SMILES string of the molecule is O=C(NCC1=CCCCC1)N1C[C@@H](O)C[C@H]1CO. The summed E-state index contributed by atoms with van der Waals surface area (Å²) >= 11 is 0. The number of β-amino-alcohol motifs (C(OH)–C–C–N with tert-alkyl or cyclic N) is 1.